The maximum atomic E-state index is 11.1. The Morgan fingerprint density at radius 1 is 1.35 bits per heavy atom. The van der Waals surface area contributed by atoms with Crippen molar-refractivity contribution in [2.24, 2.45) is 5.73 Å². The maximum absolute atomic E-state index is 11.1. The minimum absolute atomic E-state index is 0.429. The molecule has 1 radical (unpaired) electrons. The van der Waals surface area contributed by atoms with Crippen LogP contribution in [-0.2, 0) is 0 Å². The second-order valence-electron chi connectivity index (χ2n) is 3.46. The van der Waals surface area contributed by atoms with E-state index in [0.717, 1.165) is 11.1 Å². The number of nitrogens with zero attached hydrogens (tertiary/aromatic N) is 1. The van der Waals surface area contributed by atoms with Crippen LogP contribution in [0.2, 0.25) is 0 Å². The number of carbonyl (C=O) groups is 1. The number of benzene rings is 1. The zero-order valence-electron chi connectivity index (χ0n) is 9.31. The van der Waals surface area contributed by atoms with Gasteiger partial charge in [0, 0.05) is 23.4 Å². The van der Waals surface area contributed by atoms with Gasteiger partial charge in [-0.15, -0.1) is 0 Å². The molecule has 4 nitrogen and oxygen atoms in total. The number of pyridine rings is 1. The van der Waals surface area contributed by atoms with E-state index in [-0.39, 0.29) is 0 Å². The Morgan fingerprint density at radius 2 is 2.18 bits per heavy atom. The van der Waals surface area contributed by atoms with Gasteiger partial charge in [0.2, 0.25) is 11.8 Å². The van der Waals surface area contributed by atoms with E-state index in [1.165, 1.54) is 0 Å². The minimum atomic E-state index is -0.468. The molecule has 4 heteroatoms. The first-order valence-corrected chi connectivity index (χ1v) is 5.02. The summed E-state index contributed by atoms with van der Waals surface area (Å²) >= 11 is 0. The van der Waals surface area contributed by atoms with Crippen LogP contribution in [0.3, 0.4) is 0 Å². The maximum Gasteiger partial charge on any atom is 0.248 e. The van der Waals surface area contributed by atoms with Crippen molar-refractivity contribution in [1.82, 2.24) is 4.98 Å². The van der Waals surface area contributed by atoms with Crippen molar-refractivity contribution in [3.63, 3.8) is 0 Å². The molecule has 2 aromatic rings. The van der Waals surface area contributed by atoms with E-state index in [1.54, 1.807) is 37.6 Å². The first-order chi connectivity index (χ1) is 8.20. The fourth-order valence-corrected chi connectivity index (χ4v) is 1.45. The molecule has 0 bridgehead atoms. The average Bonchev–Trinajstić information content (AvgIpc) is 2.39. The molecular formula is C13H11N2O2. The molecule has 0 aliphatic carbocycles. The number of amides is 1. The Hall–Kier alpha value is -2.36. The van der Waals surface area contributed by atoms with E-state index in [2.05, 4.69) is 11.1 Å². The molecule has 17 heavy (non-hydrogen) atoms. The van der Waals surface area contributed by atoms with Gasteiger partial charge in [0.05, 0.1) is 7.11 Å². The number of hydrogen-bond acceptors (Lipinski definition) is 3. The number of nitrogens with two attached hydrogens (primary N) is 1. The van der Waals surface area contributed by atoms with Gasteiger partial charge in [-0.1, -0.05) is 0 Å². The lowest BCUT2D eigenvalue weighted by molar-refractivity contribution is 0.100. The Balaban J connectivity index is 2.38. The fourth-order valence-electron chi connectivity index (χ4n) is 1.45. The third-order valence-corrected chi connectivity index (χ3v) is 2.35. The summed E-state index contributed by atoms with van der Waals surface area (Å²) in [5.74, 6) is 0.0772. The molecule has 85 valence electrons. The van der Waals surface area contributed by atoms with Crippen LogP contribution in [0.15, 0.2) is 36.5 Å². The molecule has 0 saturated carbocycles. The second-order valence-corrected chi connectivity index (χ2v) is 3.46. The zero-order chi connectivity index (χ0) is 12.3. The van der Waals surface area contributed by atoms with Crippen LogP contribution < -0.4 is 10.5 Å². The zero-order valence-corrected chi connectivity index (χ0v) is 9.31. The smallest absolute Gasteiger partial charge is 0.248 e. The Kier molecular flexibility index (Phi) is 3.05. The predicted molar refractivity (Wildman–Crippen MR) is 63.6 cm³/mol. The van der Waals surface area contributed by atoms with Gasteiger partial charge in [0.1, 0.15) is 0 Å². The SMILES string of the molecule is COc1ccc(-c2c[c]cc(C(N)=O)c2)cn1. The molecule has 1 amide bonds. The van der Waals surface area contributed by atoms with Crippen LogP contribution in [0, 0.1) is 6.07 Å². The summed E-state index contributed by atoms with van der Waals surface area (Å²) in [4.78, 5) is 15.1. The van der Waals surface area contributed by atoms with E-state index >= 15 is 0 Å². The van der Waals surface area contributed by atoms with Gasteiger partial charge in [-0.3, -0.25) is 4.79 Å². The number of aromatic nitrogens is 1. The quantitative estimate of drug-likeness (QED) is 0.867. The predicted octanol–water partition coefficient (Wildman–Crippen LogP) is 1.66. The Morgan fingerprint density at radius 3 is 2.76 bits per heavy atom. The molecular weight excluding hydrogens is 216 g/mol. The van der Waals surface area contributed by atoms with Gasteiger partial charge in [-0.05, 0) is 35.9 Å². The largest absolute Gasteiger partial charge is 0.481 e. The highest BCUT2D eigenvalue weighted by Crippen LogP contribution is 2.20. The normalized spacial score (nSPS) is 9.94. The van der Waals surface area contributed by atoms with Crippen LogP contribution in [0.25, 0.3) is 11.1 Å². The number of carbonyl (C=O) groups excluding carboxylic acids is 1. The van der Waals surface area contributed by atoms with Crippen molar-refractivity contribution in [2.45, 2.75) is 0 Å². The van der Waals surface area contributed by atoms with E-state index < -0.39 is 5.91 Å². The summed E-state index contributed by atoms with van der Waals surface area (Å²) in [6, 6.07) is 11.5. The highest BCUT2D eigenvalue weighted by atomic mass is 16.5. The fraction of sp³-hybridized carbons (Fsp3) is 0.0769. The molecule has 0 aliphatic rings. The van der Waals surface area contributed by atoms with E-state index in [9.17, 15) is 4.79 Å². The molecule has 1 heterocycles. The van der Waals surface area contributed by atoms with E-state index in [0.29, 0.717) is 11.4 Å². The molecule has 2 rings (SSSR count). The van der Waals surface area contributed by atoms with Gasteiger partial charge in [0.25, 0.3) is 0 Å². The van der Waals surface area contributed by atoms with Crippen LogP contribution in [0.4, 0.5) is 0 Å². The lowest BCUT2D eigenvalue weighted by atomic mass is 10.0. The van der Waals surface area contributed by atoms with Crippen molar-refractivity contribution in [3.05, 3.63) is 48.2 Å². The van der Waals surface area contributed by atoms with Gasteiger partial charge >= 0.3 is 0 Å². The molecule has 0 aliphatic heterocycles. The summed E-state index contributed by atoms with van der Waals surface area (Å²) in [5, 5.41) is 0. The standard InChI is InChI=1S/C13H11N2O2/c1-17-12-6-5-11(8-15-12)9-3-2-4-10(7-9)13(14)16/h3-8H,1H3,(H2,14,16). The molecule has 0 atom stereocenters. The van der Waals surface area contributed by atoms with Crippen molar-refractivity contribution >= 4 is 5.91 Å². The summed E-state index contributed by atoms with van der Waals surface area (Å²) in [5.41, 5.74) is 7.36. The summed E-state index contributed by atoms with van der Waals surface area (Å²) in [6.45, 7) is 0. The second kappa shape index (κ2) is 4.65. The lowest BCUT2D eigenvalue weighted by Crippen LogP contribution is -2.10. The third-order valence-electron chi connectivity index (χ3n) is 2.35. The molecule has 0 saturated heterocycles. The van der Waals surface area contributed by atoms with Crippen LogP contribution in [0.5, 0.6) is 5.88 Å². The molecule has 0 unspecified atom stereocenters. The third kappa shape index (κ3) is 2.42. The van der Waals surface area contributed by atoms with Gasteiger partial charge in [-0.25, -0.2) is 4.98 Å². The van der Waals surface area contributed by atoms with Gasteiger partial charge in [-0.2, -0.15) is 0 Å². The number of primary amides is 1. The van der Waals surface area contributed by atoms with Gasteiger partial charge in [0.15, 0.2) is 0 Å². The minimum Gasteiger partial charge on any atom is -0.481 e. The first-order valence-electron chi connectivity index (χ1n) is 5.02. The van der Waals surface area contributed by atoms with Crippen molar-refractivity contribution in [1.29, 1.82) is 0 Å². The Bertz CT molecular complexity index is 535. The molecule has 0 fully saturated rings. The van der Waals surface area contributed by atoms with Crippen molar-refractivity contribution < 1.29 is 9.53 Å². The first kappa shape index (κ1) is 11.1. The average molecular weight is 227 g/mol. The van der Waals surface area contributed by atoms with Crippen molar-refractivity contribution in [3.8, 4) is 17.0 Å². The summed E-state index contributed by atoms with van der Waals surface area (Å²) in [6.07, 6.45) is 1.67. The highest BCUT2D eigenvalue weighted by Gasteiger charge is 2.04. The lowest BCUT2D eigenvalue weighted by Gasteiger charge is -2.04. The number of hydrogen-bond donors (Lipinski definition) is 1. The topological polar surface area (TPSA) is 65.2 Å². The van der Waals surface area contributed by atoms with Crippen LogP contribution >= 0.6 is 0 Å². The molecule has 2 N–H and O–H groups in total. The summed E-state index contributed by atoms with van der Waals surface area (Å²) in [7, 11) is 1.56. The molecule has 1 aromatic heterocycles. The number of methoxy groups -OCH3 is 1. The van der Waals surface area contributed by atoms with Gasteiger partial charge < -0.3 is 10.5 Å². The van der Waals surface area contributed by atoms with Crippen LogP contribution in [0.1, 0.15) is 10.4 Å². The number of ether oxygens (including phenoxy) is 1. The molecule has 1 aromatic carbocycles. The van der Waals surface area contributed by atoms with E-state index in [1.807, 2.05) is 6.07 Å². The highest BCUT2D eigenvalue weighted by molar-refractivity contribution is 5.94. The summed E-state index contributed by atoms with van der Waals surface area (Å²) < 4.78 is 4.97. The van der Waals surface area contributed by atoms with Crippen molar-refractivity contribution in [2.75, 3.05) is 7.11 Å². The van der Waals surface area contributed by atoms with E-state index in [4.69, 9.17) is 10.5 Å². The van der Waals surface area contributed by atoms with Crippen LogP contribution in [-0.4, -0.2) is 18.0 Å². The molecule has 0 spiro atoms. The number of rotatable bonds is 3. The monoisotopic (exact) mass is 227 g/mol. The Labute approximate surface area is 99.1 Å².